The molecule has 0 aromatic heterocycles. The summed E-state index contributed by atoms with van der Waals surface area (Å²) in [5.74, 6) is -0.783. The number of morpholine rings is 1. The van der Waals surface area contributed by atoms with Gasteiger partial charge in [0.1, 0.15) is 11.9 Å². The van der Waals surface area contributed by atoms with Crippen molar-refractivity contribution in [2.24, 2.45) is 0 Å². The zero-order chi connectivity index (χ0) is 31.2. The van der Waals surface area contributed by atoms with E-state index >= 15 is 0 Å². The molecule has 6 rings (SSSR count). The van der Waals surface area contributed by atoms with Crippen molar-refractivity contribution < 1.29 is 18.7 Å². The fourth-order valence-electron chi connectivity index (χ4n) is 6.53. The number of nitrogens with one attached hydrogen (secondary N) is 1. The number of carbonyl (C=O) groups is 2. The number of ether oxygens (including phenoxy) is 1. The van der Waals surface area contributed by atoms with Crippen LogP contribution in [0, 0.1) is 5.82 Å². The van der Waals surface area contributed by atoms with Gasteiger partial charge in [-0.05, 0) is 41.8 Å². The van der Waals surface area contributed by atoms with E-state index in [4.69, 9.17) is 4.74 Å². The van der Waals surface area contributed by atoms with Crippen LogP contribution in [0.25, 0.3) is 5.57 Å². The number of anilines is 1. The second-order valence-electron chi connectivity index (χ2n) is 12.0. The fourth-order valence-corrected chi connectivity index (χ4v) is 6.53. The van der Waals surface area contributed by atoms with Crippen molar-refractivity contribution in [3.05, 3.63) is 107 Å². The number of amides is 1. The summed E-state index contributed by atoms with van der Waals surface area (Å²) in [6.45, 7) is 11.8. The van der Waals surface area contributed by atoms with Gasteiger partial charge in [-0.1, -0.05) is 60.7 Å². The molecule has 1 N–H and O–H groups in total. The van der Waals surface area contributed by atoms with Crippen molar-refractivity contribution in [3.63, 3.8) is 0 Å². The Kier molecular flexibility index (Phi) is 10.0. The number of ketones is 1. The molecule has 3 aliphatic rings. The highest BCUT2D eigenvalue weighted by Crippen LogP contribution is 2.36. The van der Waals surface area contributed by atoms with Gasteiger partial charge in [-0.3, -0.25) is 24.3 Å². The van der Waals surface area contributed by atoms with Crippen molar-refractivity contribution in [3.8, 4) is 0 Å². The number of carbonyl (C=O) groups excluding carboxylic acids is 2. The SMILES string of the molecule is CC(=O)[C@@H](NC(=O)C1=C(CN2CCN(CCN3CCOCC3)CC2)N(c2cccc(F)c2)Cc2ccccc21)c1ccccc1. The summed E-state index contributed by atoms with van der Waals surface area (Å²) in [5.41, 5.74) is 4.59. The summed E-state index contributed by atoms with van der Waals surface area (Å²) >= 11 is 0. The molecule has 3 aromatic rings. The van der Waals surface area contributed by atoms with Gasteiger partial charge in [0, 0.05) is 76.8 Å². The van der Waals surface area contributed by atoms with E-state index in [1.807, 2.05) is 60.7 Å². The second-order valence-corrected chi connectivity index (χ2v) is 12.0. The Morgan fingerprint density at radius 2 is 1.49 bits per heavy atom. The van der Waals surface area contributed by atoms with Crippen molar-refractivity contribution in [1.29, 1.82) is 0 Å². The molecule has 1 amide bonds. The predicted octanol–water partition coefficient (Wildman–Crippen LogP) is 3.95. The van der Waals surface area contributed by atoms with E-state index in [1.54, 1.807) is 6.07 Å². The van der Waals surface area contributed by atoms with Crippen LogP contribution in [0.15, 0.2) is 84.6 Å². The largest absolute Gasteiger partial charge is 0.379 e. The third kappa shape index (κ3) is 7.50. The summed E-state index contributed by atoms with van der Waals surface area (Å²) in [6, 6.07) is 23.0. The first-order valence-corrected chi connectivity index (χ1v) is 15.9. The minimum absolute atomic E-state index is 0.143. The van der Waals surface area contributed by atoms with Gasteiger partial charge < -0.3 is 15.0 Å². The van der Waals surface area contributed by atoms with E-state index in [1.165, 1.54) is 19.1 Å². The Bertz CT molecular complexity index is 1520. The van der Waals surface area contributed by atoms with E-state index in [2.05, 4.69) is 24.9 Å². The Balaban J connectivity index is 1.30. The van der Waals surface area contributed by atoms with Gasteiger partial charge in [0.05, 0.1) is 18.8 Å². The van der Waals surface area contributed by atoms with Crippen molar-refractivity contribution in [1.82, 2.24) is 20.0 Å². The van der Waals surface area contributed by atoms with E-state index in [0.717, 1.165) is 88.0 Å². The molecule has 0 bridgehead atoms. The summed E-state index contributed by atoms with van der Waals surface area (Å²) in [7, 11) is 0. The molecule has 3 aromatic carbocycles. The number of Topliss-reactive ketones (excluding diaryl/α,β-unsaturated/α-hetero) is 1. The predicted molar refractivity (Wildman–Crippen MR) is 174 cm³/mol. The van der Waals surface area contributed by atoms with Gasteiger partial charge in [0.25, 0.3) is 5.91 Å². The Morgan fingerprint density at radius 3 is 2.20 bits per heavy atom. The molecule has 3 heterocycles. The third-order valence-electron chi connectivity index (χ3n) is 9.07. The average Bonchev–Trinajstić information content (AvgIpc) is 3.07. The van der Waals surface area contributed by atoms with Crippen molar-refractivity contribution >= 4 is 23.0 Å². The normalized spacial score (nSPS) is 18.8. The zero-order valence-corrected chi connectivity index (χ0v) is 26.0. The molecule has 236 valence electrons. The van der Waals surface area contributed by atoms with E-state index in [-0.39, 0.29) is 17.5 Å². The van der Waals surface area contributed by atoms with Crippen LogP contribution in [0.2, 0.25) is 0 Å². The monoisotopic (exact) mass is 611 g/mol. The summed E-state index contributed by atoms with van der Waals surface area (Å²) in [5, 5.41) is 3.06. The number of fused-ring (bicyclic) bond motifs is 1. The number of halogens is 1. The van der Waals surface area contributed by atoms with E-state index in [9.17, 15) is 14.0 Å². The minimum Gasteiger partial charge on any atom is -0.379 e. The molecule has 0 saturated carbocycles. The number of hydrogen-bond donors (Lipinski definition) is 1. The van der Waals surface area contributed by atoms with Crippen LogP contribution in [-0.2, 0) is 20.9 Å². The van der Waals surface area contributed by atoms with E-state index in [0.29, 0.717) is 24.4 Å². The standard InChI is InChI=1S/C36H42FN5O3/c1-27(43)35(28-8-3-2-4-9-28)38-36(44)34-32-13-6-5-10-29(32)25-42(31-12-7-11-30(37)24-31)33(34)26-41-18-16-39(17-19-41)14-15-40-20-22-45-23-21-40/h2-13,24,35H,14-23,25-26H2,1H3,(H,38,44)/t35-/m1/s1. The lowest BCUT2D eigenvalue weighted by molar-refractivity contribution is -0.124. The molecule has 3 aliphatic heterocycles. The smallest absolute Gasteiger partial charge is 0.254 e. The van der Waals surface area contributed by atoms with Crippen LogP contribution >= 0.6 is 0 Å². The van der Waals surface area contributed by atoms with Gasteiger partial charge in [-0.2, -0.15) is 0 Å². The van der Waals surface area contributed by atoms with Crippen LogP contribution in [0.3, 0.4) is 0 Å². The highest BCUT2D eigenvalue weighted by molar-refractivity contribution is 6.22. The number of hydrogen-bond acceptors (Lipinski definition) is 7. The van der Waals surface area contributed by atoms with E-state index < -0.39 is 6.04 Å². The zero-order valence-electron chi connectivity index (χ0n) is 26.0. The summed E-state index contributed by atoms with van der Waals surface area (Å²) < 4.78 is 20.1. The molecule has 0 aliphatic carbocycles. The molecular formula is C36H42FN5O3. The lowest BCUT2D eigenvalue weighted by Gasteiger charge is -2.40. The number of piperazine rings is 1. The number of nitrogens with zero attached hydrogens (tertiary/aromatic N) is 4. The molecule has 2 saturated heterocycles. The Hall–Kier alpha value is -3.89. The van der Waals surface area contributed by atoms with Gasteiger partial charge >= 0.3 is 0 Å². The Labute approximate surface area is 265 Å². The quantitative estimate of drug-likeness (QED) is 0.373. The van der Waals surface area contributed by atoms with Gasteiger partial charge in [-0.25, -0.2) is 4.39 Å². The van der Waals surface area contributed by atoms with Crippen molar-refractivity contribution in [2.45, 2.75) is 19.5 Å². The van der Waals surface area contributed by atoms with Crippen molar-refractivity contribution in [2.75, 3.05) is 77.0 Å². The molecule has 2 fully saturated rings. The van der Waals surface area contributed by atoms with Crippen LogP contribution < -0.4 is 10.2 Å². The summed E-state index contributed by atoms with van der Waals surface area (Å²) in [6.07, 6.45) is 0. The van der Waals surface area contributed by atoms with Crippen LogP contribution in [0.1, 0.15) is 29.7 Å². The molecule has 9 heteroatoms. The molecule has 8 nitrogen and oxygen atoms in total. The molecule has 45 heavy (non-hydrogen) atoms. The van der Waals surface area contributed by atoms with Crippen LogP contribution in [0.4, 0.5) is 10.1 Å². The number of rotatable bonds is 10. The maximum atomic E-state index is 14.6. The topological polar surface area (TPSA) is 68.4 Å². The lowest BCUT2D eigenvalue weighted by atomic mass is 9.91. The highest BCUT2D eigenvalue weighted by atomic mass is 19.1. The maximum absolute atomic E-state index is 14.6. The minimum atomic E-state index is -0.779. The first kappa shape index (κ1) is 31.1. The Morgan fingerprint density at radius 1 is 0.822 bits per heavy atom. The molecule has 0 unspecified atom stereocenters. The van der Waals surface area contributed by atoms with Crippen LogP contribution in [0.5, 0.6) is 0 Å². The summed E-state index contributed by atoms with van der Waals surface area (Å²) in [4.78, 5) is 36.6. The second kappa shape index (κ2) is 14.5. The first-order valence-electron chi connectivity index (χ1n) is 15.9. The van der Waals surface area contributed by atoms with Gasteiger partial charge in [-0.15, -0.1) is 0 Å². The average molecular weight is 612 g/mol. The maximum Gasteiger partial charge on any atom is 0.254 e. The molecular weight excluding hydrogens is 569 g/mol. The van der Waals surface area contributed by atoms with Gasteiger partial charge in [0.2, 0.25) is 0 Å². The first-order chi connectivity index (χ1) is 22.0. The third-order valence-corrected chi connectivity index (χ3v) is 9.07. The van der Waals surface area contributed by atoms with Gasteiger partial charge in [0.15, 0.2) is 5.78 Å². The molecule has 0 spiro atoms. The highest BCUT2D eigenvalue weighted by Gasteiger charge is 2.33. The van der Waals surface area contributed by atoms with Crippen LogP contribution in [-0.4, -0.2) is 98.5 Å². The lowest BCUT2D eigenvalue weighted by Crippen LogP contribution is -2.51. The fraction of sp³-hybridized carbons (Fsp3) is 0.389. The number of benzene rings is 3. The molecule has 0 radical (unpaired) electrons. The molecule has 1 atom stereocenters.